The van der Waals surface area contributed by atoms with Gasteiger partial charge in [0.1, 0.15) is 35.1 Å². The molecule has 0 radical (unpaired) electrons. The van der Waals surface area contributed by atoms with Crippen molar-refractivity contribution in [3.05, 3.63) is 43.1 Å². The fourth-order valence-corrected chi connectivity index (χ4v) is 7.27. The number of nitrogens with zero attached hydrogens (tertiary/aromatic N) is 2. The largest absolute Gasteiger partial charge is 0.497 e. The number of aliphatic hydroxyl groups excluding tert-OH is 1. The predicted octanol–water partition coefficient (Wildman–Crippen LogP) is 1.54. The molecule has 0 bridgehead atoms. The number of carbonyl (C=O) groups is 4. The molecule has 1 saturated heterocycles. The smallest absolute Gasteiger partial charge is 0.408 e. The Labute approximate surface area is 284 Å². The van der Waals surface area contributed by atoms with Crippen LogP contribution in [0.25, 0.3) is 10.8 Å². The number of benzene rings is 1. The van der Waals surface area contributed by atoms with Gasteiger partial charge in [0.05, 0.1) is 25.0 Å². The van der Waals surface area contributed by atoms with Crippen LogP contribution in [0.2, 0.25) is 0 Å². The molecular formula is C33H43N5O10S. The van der Waals surface area contributed by atoms with E-state index in [0.29, 0.717) is 24.0 Å². The van der Waals surface area contributed by atoms with E-state index in [1.54, 1.807) is 58.3 Å². The van der Waals surface area contributed by atoms with Crippen molar-refractivity contribution >= 4 is 44.6 Å². The highest BCUT2D eigenvalue weighted by Gasteiger charge is 2.62. The molecule has 16 heteroatoms. The van der Waals surface area contributed by atoms with Crippen LogP contribution in [0.15, 0.2) is 43.1 Å². The van der Waals surface area contributed by atoms with Gasteiger partial charge < -0.3 is 34.9 Å². The molecule has 2 saturated carbocycles. The SMILES string of the molecule is C=C[C@@H]1C[C@]1(NC(=O)[C@@H]1C[C@@H](Oc2nccc3cc(OC)ccc23)CN1C(=O)C(NC(=O)OC(C)(C)C)[C@@H](C)O)C(=O)NS(=O)(=O)C1CC1. The molecule has 4 N–H and O–H groups in total. The average Bonchev–Trinajstić information content (AvgIpc) is 3.95. The van der Waals surface area contributed by atoms with Crippen molar-refractivity contribution in [3.8, 4) is 11.6 Å². The number of aliphatic hydroxyl groups is 1. The second kappa shape index (κ2) is 13.5. The average molecular weight is 702 g/mol. The van der Waals surface area contributed by atoms with Crippen LogP contribution in [-0.4, -0.2) is 102 Å². The molecule has 2 aromatic rings. The zero-order chi connectivity index (χ0) is 35.9. The summed E-state index contributed by atoms with van der Waals surface area (Å²) in [6.07, 6.45) is 0.812. The number of rotatable bonds is 12. The minimum Gasteiger partial charge on any atom is -0.497 e. The second-order valence-electron chi connectivity index (χ2n) is 13.7. The van der Waals surface area contributed by atoms with Crippen LogP contribution in [0.1, 0.15) is 53.4 Å². The van der Waals surface area contributed by atoms with E-state index in [1.807, 2.05) is 0 Å². The molecule has 3 aliphatic rings. The zero-order valence-corrected chi connectivity index (χ0v) is 28.9. The summed E-state index contributed by atoms with van der Waals surface area (Å²) in [6.45, 7) is 9.81. The summed E-state index contributed by atoms with van der Waals surface area (Å²) in [7, 11) is -2.37. The lowest BCUT2D eigenvalue weighted by Gasteiger charge is -2.31. The minimum absolute atomic E-state index is 0.0540. The van der Waals surface area contributed by atoms with Crippen LogP contribution in [0.3, 0.4) is 0 Å². The predicted molar refractivity (Wildman–Crippen MR) is 177 cm³/mol. The number of sulfonamides is 1. The van der Waals surface area contributed by atoms with Gasteiger partial charge in [0, 0.05) is 23.9 Å². The molecule has 2 aliphatic carbocycles. The summed E-state index contributed by atoms with van der Waals surface area (Å²) in [5.41, 5.74) is -2.49. The molecule has 0 spiro atoms. The Kier molecular flexibility index (Phi) is 9.85. The maximum Gasteiger partial charge on any atom is 0.408 e. The molecule has 1 unspecified atom stereocenters. The number of methoxy groups -OCH3 is 1. The monoisotopic (exact) mass is 701 g/mol. The Morgan fingerprint density at radius 2 is 1.90 bits per heavy atom. The highest BCUT2D eigenvalue weighted by molar-refractivity contribution is 7.91. The van der Waals surface area contributed by atoms with E-state index in [4.69, 9.17) is 14.2 Å². The standard InChI is InChI=1S/C33H43N5O10S/c1-7-20-16-33(20,30(42)37-49(44,45)23-9-10-23)36-27(40)25-15-22(47-28-24-11-8-21(46-6)14-19(24)12-13-34-28)17-38(25)29(41)26(18(2)39)35-31(43)48-32(3,4)5/h7-8,11-14,18,20,22-23,25-26,39H,1,9-10,15-17H2,2-6H3,(H,35,43)(H,36,40)(H,37,42)/t18-,20-,22-,25+,26?,33-/m1/s1. The number of amides is 4. The first-order valence-corrected chi connectivity index (χ1v) is 17.6. The van der Waals surface area contributed by atoms with Crippen LogP contribution in [0, 0.1) is 5.92 Å². The van der Waals surface area contributed by atoms with Crippen molar-refractivity contribution in [3.63, 3.8) is 0 Å². The Morgan fingerprint density at radius 1 is 1.18 bits per heavy atom. The number of nitrogens with one attached hydrogen (secondary N) is 3. The molecule has 15 nitrogen and oxygen atoms in total. The zero-order valence-electron chi connectivity index (χ0n) is 28.1. The molecule has 1 aliphatic heterocycles. The summed E-state index contributed by atoms with van der Waals surface area (Å²) in [5, 5.41) is 16.5. The van der Waals surface area contributed by atoms with E-state index >= 15 is 0 Å². The summed E-state index contributed by atoms with van der Waals surface area (Å²) in [5.74, 6) is -2.12. The summed E-state index contributed by atoms with van der Waals surface area (Å²) >= 11 is 0. The van der Waals surface area contributed by atoms with Gasteiger partial charge >= 0.3 is 6.09 Å². The Morgan fingerprint density at radius 3 is 2.49 bits per heavy atom. The van der Waals surface area contributed by atoms with Gasteiger partial charge in [0.15, 0.2) is 0 Å². The van der Waals surface area contributed by atoms with Crippen LogP contribution in [0.5, 0.6) is 11.6 Å². The number of aromatic nitrogens is 1. The van der Waals surface area contributed by atoms with Crippen molar-refractivity contribution in [2.75, 3.05) is 13.7 Å². The molecule has 4 amide bonds. The highest BCUT2D eigenvalue weighted by Crippen LogP contribution is 2.45. The van der Waals surface area contributed by atoms with Gasteiger partial charge in [-0.2, -0.15) is 0 Å². The van der Waals surface area contributed by atoms with Crippen molar-refractivity contribution in [2.24, 2.45) is 5.92 Å². The van der Waals surface area contributed by atoms with E-state index in [-0.39, 0.29) is 25.3 Å². The van der Waals surface area contributed by atoms with Crippen molar-refractivity contribution in [1.29, 1.82) is 0 Å². The number of likely N-dealkylation sites (tertiary alicyclic amines) is 1. The van der Waals surface area contributed by atoms with Crippen LogP contribution in [-0.2, 0) is 29.1 Å². The third-order valence-electron chi connectivity index (χ3n) is 8.73. The number of pyridine rings is 1. The molecule has 6 atom stereocenters. The number of hydrogen-bond acceptors (Lipinski definition) is 11. The van der Waals surface area contributed by atoms with Crippen molar-refractivity contribution in [1.82, 2.24) is 25.2 Å². The molecule has 3 fully saturated rings. The van der Waals surface area contributed by atoms with E-state index in [9.17, 15) is 32.7 Å². The number of carbonyl (C=O) groups excluding carboxylic acids is 4. The number of alkyl carbamates (subject to hydrolysis) is 1. The van der Waals surface area contributed by atoms with Crippen molar-refractivity contribution < 1.29 is 46.9 Å². The van der Waals surface area contributed by atoms with E-state index in [0.717, 1.165) is 5.39 Å². The minimum atomic E-state index is -3.92. The van der Waals surface area contributed by atoms with Gasteiger partial charge in [0.2, 0.25) is 27.7 Å². The third-order valence-corrected chi connectivity index (χ3v) is 10.6. The van der Waals surface area contributed by atoms with Crippen LogP contribution in [0.4, 0.5) is 4.79 Å². The summed E-state index contributed by atoms with van der Waals surface area (Å²) in [6, 6.07) is 4.35. The molecular weight excluding hydrogens is 658 g/mol. The Balaban J connectivity index is 1.42. The molecule has 1 aromatic carbocycles. The maximum absolute atomic E-state index is 14.0. The normalized spacial score (nSPS) is 24.7. The van der Waals surface area contributed by atoms with Gasteiger partial charge in [-0.25, -0.2) is 18.2 Å². The van der Waals surface area contributed by atoms with Gasteiger partial charge in [0.25, 0.3) is 5.91 Å². The first-order chi connectivity index (χ1) is 23.0. The molecule has 1 aromatic heterocycles. The third kappa shape index (κ3) is 7.90. The lowest BCUT2D eigenvalue weighted by atomic mass is 10.1. The van der Waals surface area contributed by atoms with E-state index in [1.165, 1.54) is 17.9 Å². The quantitative estimate of drug-likeness (QED) is 0.234. The first-order valence-electron chi connectivity index (χ1n) is 16.1. The van der Waals surface area contributed by atoms with Crippen LogP contribution >= 0.6 is 0 Å². The lowest BCUT2D eigenvalue weighted by Crippen LogP contribution is -2.60. The molecule has 2 heterocycles. The second-order valence-corrected chi connectivity index (χ2v) is 15.7. The Bertz CT molecular complexity index is 1760. The van der Waals surface area contributed by atoms with Gasteiger partial charge in [-0.15, -0.1) is 6.58 Å². The first kappa shape index (κ1) is 35.9. The van der Waals surface area contributed by atoms with Gasteiger partial charge in [-0.3, -0.25) is 19.1 Å². The number of ether oxygens (including phenoxy) is 3. The molecule has 266 valence electrons. The van der Waals surface area contributed by atoms with Crippen LogP contribution < -0.4 is 24.8 Å². The summed E-state index contributed by atoms with van der Waals surface area (Å²) < 4.78 is 44.2. The number of hydrogen-bond donors (Lipinski definition) is 4. The van der Waals surface area contributed by atoms with Gasteiger partial charge in [-0.1, -0.05) is 6.08 Å². The van der Waals surface area contributed by atoms with E-state index < -0.39 is 80.4 Å². The van der Waals surface area contributed by atoms with E-state index in [2.05, 4.69) is 26.9 Å². The fourth-order valence-electron chi connectivity index (χ4n) is 5.90. The van der Waals surface area contributed by atoms with Crippen molar-refractivity contribution in [2.45, 2.75) is 94.1 Å². The fraction of sp³-hybridized carbons (Fsp3) is 0.545. The highest BCUT2D eigenvalue weighted by atomic mass is 32.2. The summed E-state index contributed by atoms with van der Waals surface area (Å²) in [4.78, 5) is 59.6. The topological polar surface area (TPSA) is 203 Å². The number of fused-ring (bicyclic) bond motifs is 1. The molecule has 5 rings (SSSR count). The van der Waals surface area contributed by atoms with Gasteiger partial charge in [-0.05, 0) is 76.6 Å². The Hall–Kier alpha value is -4.44. The lowest BCUT2D eigenvalue weighted by molar-refractivity contribution is -0.142. The maximum atomic E-state index is 14.0. The molecule has 49 heavy (non-hydrogen) atoms.